The fourth-order valence-corrected chi connectivity index (χ4v) is 3.52. The number of pyridine rings is 1. The molecule has 0 spiro atoms. The van der Waals surface area contributed by atoms with Crippen molar-refractivity contribution < 1.29 is 0 Å². The van der Waals surface area contributed by atoms with Gasteiger partial charge in [0.15, 0.2) is 0 Å². The smallest absolute Gasteiger partial charge is 0.128 e. The van der Waals surface area contributed by atoms with Crippen LogP contribution in [0, 0.1) is 5.41 Å². The standard InChI is InChI=1S/C15H20ClN3/c1-10(16)14-18-11-9-17-8-6-12(11)19(14)13-5-4-7-15(13,2)3/h6,8-10,13H,4-5,7H2,1-3H3. The van der Waals surface area contributed by atoms with E-state index in [1.807, 2.05) is 19.3 Å². The Labute approximate surface area is 119 Å². The molecule has 102 valence electrons. The first-order valence-corrected chi connectivity index (χ1v) is 7.40. The van der Waals surface area contributed by atoms with Crippen LogP contribution in [-0.4, -0.2) is 14.5 Å². The summed E-state index contributed by atoms with van der Waals surface area (Å²) in [5.41, 5.74) is 2.42. The van der Waals surface area contributed by atoms with Crippen molar-refractivity contribution in [2.75, 3.05) is 0 Å². The molecule has 2 unspecified atom stereocenters. The number of halogens is 1. The van der Waals surface area contributed by atoms with E-state index in [1.165, 1.54) is 19.3 Å². The Morgan fingerprint density at radius 2 is 2.26 bits per heavy atom. The van der Waals surface area contributed by atoms with E-state index in [9.17, 15) is 0 Å². The molecular formula is C15H20ClN3. The first-order valence-electron chi connectivity index (χ1n) is 6.96. The summed E-state index contributed by atoms with van der Waals surface area (Å²) in [7, 11) is 0. The van der Waals surface area contributed by atoms with Crippen LogP contribution >= 0.6 is 11.6 Å². The van der Waals surface area contributed by atoms with Crippen LogP contribution in [0.15, 0.2) is 18.5 Å². The van der Waals surface area contributed by atoms with Crippen LogP contribution in [0.3, 0.4) is 0 Å². The van der Waals surface area contributed by atoms with Crippen LogP contribution in [0.25, 0.3) is 11.0 Å². The second-order valence-electron chi connectivity index (χ2n) is 6.22. The van der Waals surface area contributed by atoms with Crippen molar-refractivity contribution in [3.63, 3.8) is 0 Å². The largest absolute Gasteiger partial charge is 0.323 e. The van der Waals surface area contributed by atoms with E-state index < -0.39 is 0 Å². The SMILES string of the molecule is CC(Cl)c1nc2cnccc2n1C1CCCC1(C)C. The molecule has 19 heavy (non-hydrogen) atoms. The van der Waals surface area contributed by atoms with Crippen LogP contribution < -0.4 is 0 Å². The van der Waals surface area contributed by atoms with Gasteiger partial charge in [-0.15, -0.1) is 11.6 Å². The third-order valence-electron chi connectivity index (χ3n) is 4.39. The maximum absolute atomic E-state index is 6.35. The summed E-state index contributed by atoms with van der Waals surface area (Å²) in [5.74, 6) is 0.977. The zero-order chi connectivity index (χ0) is 13.6. The number of nitrogens with zero attached hydrogens (tertiary/aromatic N) is 3. The molecule has 0 N–H and O–H groups in total. The normalized spacial score (nSPS) is 23.9. The lowest BCUT2D eigenvalue weighted by Crippen LogP contribution is -2.23. The summed E-state index contributed by atoms with van der Waals surface area (Å²) < 4.78 is 2.36. The lowest BCUT2D eigenvalue weighted by Gasteiger charge is -2.30. The average molecular weight is 278 g/mol. The molecule has 0 saturated heterocycles. The highest BCUT2D eigenvalue weighted by Gasteiger charge is 2.38. The van der Waals surface area contributed by atoms with Gasteiger partial charge in [0, 0.05) is 12.2 Å². The van der Waals surface area contributed by atoms with Crippen molar-refractivity contribution in [1.29, 1.82) is 0 Å². The number of hydrogen-bond donors (Lipinski definition) is 0. The molecule has 3 nitrogen and oxygen atoms in total. The monoisotopic (exact) mass is 277 g/mol. The van der Waals surface area contributed by atoms with Gasteiger partial charge in [0.25, 0.3) is 0 Å². The highest BCUT2D eigenvalue weighted by atomic mass is 35.5. The summed E-state index contributed by atoms with van der Waals surface area (Å²) in [5, 5.41) is -0.0798. The van der Waals surface area contributed by atoms with E-state index in [0.29, 0.717) is 11.5 Å². The van der Waals surface area contributed by atoms with E-state index in [1.54, 1.807) is 0 Å². The molecule has 1 fully saturated rings. The molecule has 0 aliphatic heterocycles. The lowest BCUT2D eigenvalue weighted by molar-refractivity contribution is 0.261. The highest BCUT2D eigenvalue weighted by Crippen LogP contribution is 2.48. The summed E-state index contributed by atoms with van der Waals surface area (Å²) in [4.78, 5) is 8.86. The molecule has 2 atom stereocenters. The summed E-state index contributed by atoms with van der Waals surface area (Å²) >= 11 is 6.35. The molecule has 4 heteroatoms. The number of alkyl halides is 1. The van der Waals surface area contributed by atoms with Crippen molar-refractivity contribution in [3.05, 3.63) is 24.3 Å². The zero-order valence-corrected chi connectivity index (χ0v) is 12.5. The van der Waals surface area contributed by atoms with Gasteiger partial charge in [-0.2, -0.15) is 0 Å². The van der Waals surface area contributed by atoms with E-state index >= 15 is 0 Å². The number of fused-ring (bicyclic) bond motifs is 1. The van der Waals surface area contributed by atoms with Gasteiger partial charge in [0.2, 0.25) is 0 Å². The van der Waals surface area contributed by atoms with Crippen LogP contribution in [0.2, 0.25) is 0 Å². The van der Waals surface area contributed by atoms with Crippen LogP contribution in [0.5, 0.6) is 0 Å². The van der Waals surface area contributed by atoms with Gasteiger partial charge in [0.05, 0.1) is 17.1 Å². The van der Waals surface area contributed by atoms with Gasteiger partial charge in [-0.05, 0) is 31.2 Å². The fraction of sp³-hybridized carbons (Fsp3) is 0.600. The Morgan fingerprint density at radius 1 is 1.47 bits per heavy atom. The molecular weight excluding hydrogens is 258 g/mol. The topological polar surface area (TPSA) is 30.7 Å². The van der Waals surface area contributed by atoms with Gasteiger partial charge in [-0.1, -0.05) is 20.3 Å². The second kappa shape index (κ2) is 4.48. The van der Waals surface area contributed by atoms with Gasteiger partial charge in [0.1, 0.15) is 11.3 Å². The average Bonchev–Trinajstić information content (AvgIpc) is 2.88. The van der Waals surface area contributed by atoms with Crippen LogP contribution in [0.4, 0.5) is 0 Å². The molecule has 2 aromatic heterocycles. The zero-order valence-electron chi connectivity index (χ0n) is 11.7. The van der Waals surface area contributed by atoms with Gasteiger partial charge >= 0.3 is 0 Å². The minimum atomic E-state index is -0.0798. The third-order valence-corrected chi connectivity index (χ3v) is 4.58. The molecule has 1 aliphatic rings. The molecule has 1 aliphatic carbocycles. The highest BCUT2D eigenvalue weighted by molar-refractivity contribution is 6.20. The summed E-state index contributed by atoms with van der Waals surface area (Å²) in [6.45, 7) is 6.69. The lowest BCUT2D eigenvalue weighted by atomic mass is 9.87. The van der Waals surface area contributed by atoms with Crippen molar-refractivity contribution in [2.45, 2.75) is 51.5 Å². The molecule has 3 rings (SSSR count). The van der Waals surface area contributed by atoms with Crippen molar-refractivity contribution >= 4 is 22.6 Å². The Hall–Kier alpha value is -1.09. The fourth-order valence-electron chi connectivity index (χ4n) is 3.36. The predicted molar refractivity (Wildman–Crippen MR) is 78.5 cm³/mol. The first kappa shape index (κ1) is 12.9. The van der Waals surface area contributed by atoms with Gasteiger partial charge in [-0.25, -0.2) is 4.98 Å². The summed E-state index contributed by atoms with van der Waals surface area (Å²) in [6, 6.07) is 2.54. The Morgan fingerprint density at radius 3 is 2.89 bits per heavy atom. The molecule has 0 aromatic carbocycles. The quantitative estimate of drug-likeness (QED) is 0.758. The van der Waals surface area contributed by atoms with Crippen LogP contribution in [-0.2, 0) is 0 Å². The number of hydrogen-bond acceptors (Lipinski definition) is 2. The molecule has 2 heterocycles. The first-order chi connectivity index (χ1) is 9.00. The third kappa shape index (κ3) is 2.04. The van der Waals surface area contributed by atoms with Crippen molar-refractivity contribution in [1.82, 2.24) is 14.5 Å². The molecule has 1 saturated carbocycles. The predicted octanol–water partition coefficient (Wildman–Crippen LogP) is 4.48. The Bertz CT molecular complexity index is 600. The number of imidazole rings is 1. The minimum absolute atomic E-state index is 0.0798. The number of aromatic nitrogens is 3. The molecule has 0 radical (unpaired) electrons. The Kier molecular flexibility index (Phi) is 3.05. The van der Waals surface area contributed by atoms with Gasteiger partial charge < -0.3 is 4.57 Å². The van der Waals surface area contributed by atoms with E-state index in [-0.39, 0.29) is 5.38 Å². The molecule has 2 aromatic rings. The van der Waals surface area contributed by atoms with Gasteiger partial charge in [-0.3, -0.25) is 4.98 Å². The summed E-state index contributed by atoms with van der Waals surface area (Å²) in [6.07, 6.45) is 7.41. The maximum atomic E-state index is 6.35. The Balaban J connectivity index is 2.23. The van der Waals surface area contributed by atoms with E-state index in [2.05, 4.69) is 29.5 Å². The van der Waals surface area contributed by atoms with E-state index in [4.69, 9.17) is 16.6 Å². The second-order valence-corrected chi connectivity index (χ2v) is 6.87. The maximum Gasteiger partial charge on any atom is 0.128 e. The van der Waals surface area contributed by atoms with Crippen LogP contribution in [0.1, 0.15) is 57.3 Å². The molecule has 0 amide bonds. The number of rotatable bonds is 2. The van der Waals surface area contributed by atoms with Crippen molar-refractivity contribution in [3.8, 4) is 0 Å². The molecule has 0 bridgehead atoms. The minimum Gasteiger partial charge on any atom is -0.323 e. The van der Waals surface area contributed by atoms with E-state index in [0.717, 1.165) is 16.9 Å². The van der Waals surface area contributed by atoms with Crippen molar-refractivity contribution in [2.24, 2.45) is 5.41 Å².